The van der Waals surface area contributed by atoms with Crippen LogP contribution in [-0.4, -0.2) is 52.6 Å². The third kappa shape index (κ3) is 4.07. The maximum atomic E-state index is 12.1. The molecule has 138 valence electrons. The van der Waals surface area contributed by atoms with E-state index in [4.69, 9.17) is 4.74 Å². The van der Waals surface area contributed by atoms with Gasteiger partial charge in [-0.2, -0.15) is 15.0 Å². The number of amides is 1. The smallest absolute Gasteiger partial charge is 0.321 e. The van der Waals surface area contributed by atoms with Crippen LogP contribution in [0.3, 0.4) is 0 Å². The molecule has 8 nitrogen and oxygen atoms in total. The van der Waals surface area contributed by atoms with Gasteiger partial charge in [0.15, 0.2) is 0 Å². The van der Waals surface area contributed by atoms with E-state index in [1.165, 1.54) is 7.11 Å². The van der Waals surface area contributed by atoms with Crippen LogP contribution < -0.4 is 15.0 Å². The Bertz CT molecular complexity index is 774. The first kappa shape index (κ1) is 18.0. The fourth-order valence-corrected chi connectivity index (χ4v) is 3.09. The fraction of sp³-hybridized carbons (Fsp3) is 0.500. The quantitative estimate of drug-likeness (QED) is 0.872. The summed E-state index contributed by atoms with van der Waals surface area (Å²) >= 11 is 0. The van der Waals surface area contributed by atoms with E-state index < -0.39 is 0 Å². The molecule has 1 aliphatic rings. The lowest BCUT2D eigenvalue weighted by atomic mass is 9.93. The van der Waals surface area contributed by atoms with E-state index >= 15 is 0 Å². The molecule has 1 amide bonds. The molecule has 0 radical (unpaired) electrons. The van der Waals surface area contributed by atoms with Gasteiger partial charge in [0.05, 0.1) is 7.11 Å². The van der Waals surface area contributed by atoms with Crippen LogP contribution in [0.4, 0.5) is 5.95 Å². The average Bonchev–Trinajstić information content (AvgIpc) is 2.68. The number of hydrogen-bond donors (Lipinski definition) is 1. The molecule has 1 N–H and O–H groups in total. The summed E-state index contributed by atoms with van der Waals surface area (Å²) in [5.74, 6) is 0.663. The molecule has 2 aromatic rings. The van der Waals surface area contributed by atoms with Crippen LogP contribution in [0.2, 0.25) is 0 Å². The molecule has 0 unspecified atom stereocenters. The number of anilines is 1. The topological polar surface area (TPSA) is 93.1 Å². The summed E-state index contributed by atoms with van der Waals surface area (Å²) < 4.78 is 5.14. The summed E-state index contributed by atoms with van der Waals surface area (Å²) in [5, 5.41) is 2.70. The highest BCUT2D eigenvalue weighted by molar-refractivity contribution is 5.90. The number of nitrogens with one attached hydrogen (secondary N) is 1. The number of pyridine rings is 1. The van der Waals surface area contributed by atoms with Gasteiger partial charge in [0.1, 0.15) is 0 Å². The first-order valence-electron chi connectivity index (χ1n) is 8.87. The van der Waals surface area contributed by atoms with Gasteiger partial charge in [-0.15, -0.1) is 0 Å². The minimum absolute atomic E-state index is 0.0798. The van der Waals surface area contributed by atoms with Crippen molar-refractivity contribution in [1.29, 1.82) is 0 Å². The summed E-state index contributed by atoms with van der Waals surface area (Å²) in [6, 6.07) is 6.31. The third-order valence-electron chi connectivity index (χ3n) is 4.43. The molecular formula is C18H24N6O2. The molecule has 3 rings (SSSR count). The zero-order valence-corrected chi connectivity index (χ0v) is 15.4. The highest BCUT2D eigenvalue weighted by Crippen LogP contribution is 2.28. The predicted octanol–water partition coefficient (Wildman–Crippen LogP) is 1.72. The highest BCUT2D eigenvalue weighted by atomic mass is 16.5. The Balaban J connectivity index is 1.74. The first-order valence-corrected chi connectivity index (χ1v) is 8.87. The van der Waals surface area contributed by atoms with E-state index in [0.717, 1.165) is 37.3 Å². The first-order chi connectivity index (χ1) is 12.6. The molecule has 3 heterocycles. The van der Waals surface area contributed by atoms with Crippen LogP contribution in [0.25, 0.3) is 0 Å². The van der Waals surface area contributed by atoms with Crippen molar-refractivity contribution in [1.82, 2.24) is 25.3 Å². The van der Waals surface area contributed by atoms with Crippen molar-refractivity contribution in [2.45, 2.75) is 32.6 Å². The standard InChI is InChI=1S/C18H24N6O2/c1-4-19-16(25)15-21-17(23-18(22-15)26-3)24-10-8-13(9-11-24)14-7-5-6-12(2)20-14/h5-7,13H,4,8-11H2,1-3H3,(H,19,25). The fourth-order valence-electron chi connectivity index (χ4n) is 3.09. The Hall–Kier alpha value is -2.77. The van der Waals surface area contributed by atoms with Crippen LogP contribution in [0, 0.1) is 6.92 Å². The van der Waals surface area contributed by atoms with Gasteiger partial charge in [0.2, 0.25) is 11.8 Å². The minimum atomic E-state index is -0.326. The van der Waals surface area contributed by atoms with Crippen molar-refractivity contribution in [3.8, 4) is 6.01 Å². The molecule has 0 atom stereocenters. The van der Waals surface area contributed by atoms with E-state index in [1.807, 2.05) is 19.9 Å². The number of carbonyl (C=O) groups is 1. The molecule has 1 aliphatic heterocycles. The third-order valence-corrected chi connectivity index (χ3v) is 4.43. The summed E-state index contributed by atoms with van der Waals surface area (Å²) in [6.07, 6.45) is 1.92. The molecule has 0 aromatic carbocycles. The molecule has 0 bridgehead atoms. The summed E-state index contributed by atoms with van der Waals surface area (Å²) in [7, 11) is 1.48. The van der Waals surface area contributed by atoms with Gasteiger partial charge < -0.3 is 15.0 Å². The lowest BCUT2D eigenvalue weighted by molar-refractivity contribution is 0.0944. The number of rotatable bonds is 5. The molecule has 2 aromatic heterocycles. The Kier molecular flexibility index (Phi) is 5.60. The van der Waals surface area contributed by atoms with Crippen LogP contribution in [0.15, 0.2) is 18.2 Å². The van der Waals surface area contributed by atoms with Crippen LogP contribution in [-0.2, 0) is 0 Å². The lowest BCUT2D eigenvalue weighted by Gasteiger charge is -2.31. The van der Waals surface area contributed by atoms with Crippen molar-refractivity contribution >= 4 is 11.9 Å². The molecule has 0 aliphatic carbocycles. The predicted molar refractivity (Wildman–Crippen MR) is 97.5 cm³/mol. The molecule has 0 spiro atoms. The second-order valence-electron chi connectivity index (χ2n) is 6.27. The van der Waals surface area contributed by atoms with Gasteiger partial charge in [-0.05, 0) is 38.8 Å². The van der Waals surface area contributed by atoms with Crippen molar-refractivity contribution in [2.75, 3.05) is 31.6 Å². The normalized spacial score (nSPS) is 15.0. The molecule has 8 heteroatoms. The van der Waals surface area contributed by atoms with Gasteiger partial charge in [-0.3, -0.25) is 9.78 Å². The van der Waals surface area contributed by atoms with E-state index in [1.54, 1.807) is 0 Å². The Morgan fingerprint density at radius 3 is 2.65 bits per heavy atom. The molecule has 26 heavy (non-hydrogen) atoms. The number of carbonyl (C=O) groups excluding carboxylic acids is 1. The van der Waals surface area contributed by atoms with Gasteiger partial charge >= 0.3 is 6.01 Å². The highest BCUT2D eigenvalue weighted by Gasteiger charge is 2.25. The Morgan fingerprint density at radius 1 is 1.23 bits per heavy atom. The summed E-state index contributed by atoms with van der Waals surface area (Å²) in [5.41, 5.74) is 2.18. The van der Waals surface area contributed by atoms with Crippen molar-refractivity contribution in [3.63, 3.8) is 0 Å². The number of aryl methyl sites for hydroxylation is 1. The number of ether oxygens (including phenoxy) is 1. The Labute approximate surface area is 153 Å². The van der Waals surface area contributed by atoms with Gasteiger partial charge in [-0.1, -0.05) is 6.07 Å². The van der Waals surface area contributed by atoms with Gasteiger partial charge in [0.25, 0.3) is 5.91 Å². The van der Waals surface area contributed by atoms with Crippen molar-refractivity contribution in [2.24, 2.45) is 0 Å². The summed E-state index contributed by atoms with van der Waals surface area (Å²) in [4.78, 5) is 31.5. The van der Waals surface area contributed by atoms with E-state index in [2.05, 4.69) is 42.3 Å². The molecule has 1 saturated heterocycles. The second kappa shape index (κ2) is 8.07. The largest absolute Gasteiger partial charge is 0.467 e. The lowest BCUT2D eigenvalue weighted by Crippen LogP contribution is -2.35. The number of methoxy groups -OCH3 is 1. The maximum absolute atomic E-state index is 12.1. The van der Waals surface area contributed by atoms with Crippen LogP contribution in [0.5, 0.6) is 6.01 Å². The number of nitrogens with zero attached hydrogens (tertiary/aromatic N) is 5. The van der Waals surface area contributed by atoms with E-state index in [-0.39, 0.29) is 17.7 Å². The minimum Gasteiger partial charge on any atom is -0.467 e. The second-order valence-corrected chi connectivity index (χ2v) is 6.27. The number of piperidine rings is 1. The van der Waals surface area contributed by atoms with Crippen molar-refractivity contribution in [3.05, 3.63) is 35.4 Å². The zero-order chi connectivity index (χ0) is 18.5. The molecule has 1 fully saturated rings. The SMILES string of the molecule is CCNC(=O)c1nc(OC)nc(N2CCC(c3cccc(C)n3)CC2)n1. The number of hydrogen-bond acceptors (Lipinski definition) is 7. The van der Waals surface area contributed by atoms with Gasteiger partial charge in [-0.25, -0.2) is 0 Å². The zero-order valence-electron chi connectivity index (χ0n) is 15.4. The van der Waals surface area contributed by atoms with Gasteiger partial charge in [0, 0.05) is 36.9 Å². The maximum Gasteiger partial charge on any atom is 0.321 e. The van der Waals surface area contributed by atoms with E-state index in [9.17, 15) is 4.79 Å². The summed E-state index contributed by atoms with van der Waals surface area (Å²) in [6.45, 7) is 5.96. The van der Waals surface area contributed by atoms with Crippen LogP contribution in [0.1, 0.15) is 47.7 Å². The monoisotopic (exact) mass is 356 g/mol. The Morgan fingerprint density at radius 2 is 2.00 bits per heavy atom. The average molecular weight is 356 g/mol. The molecular weight excluding hydrogens is 332 g/mol. The van der Waals surface area contributed by atoms with E-state index in [0.29, 0.717) is 18.4 Å². The molecule has 0 saturated carbocycles. The number of aromatic nitrogens is 4. The van der Waals surface area contributed by atoms with Crippen LogP contribution >= 0.6 is 0 Å². The van der Waals surface area contributed by atoms with Crippen molar-refractivity contribution < 1.29 is 9.53 Å².